The average molecular weight is 1140 g/mol. The molecule has 2 aliphatic rings. The van der Waals surface area contributed by atoms with Gasteiger partial charge in [0.05, 0.1) is 33.8 Å². The molecule has 17 rings (SSSR count). The first-order valence-corrected chi connectivity index (χ1v) is 31.1. The Morgan fingerprint density at radius 2 is 0.764 bits per heavy atom. The molecule has 0 saturated carbocycles. The first-order chi connectivity index (χ1) is 44.1. The summed E-state index contributed by atoms with van der Waals surface area (Å²) in [5.41, 5.74) is 26.3. The van der Waals surface area contributed by atoms with Gasteiger partial charge in [-0.1, -0.05) is 255 Å². The number of aryl methyl sites for hydroxylation is 1. The van der Waals surface area contributed by atoms with Crippen molar-refractivity contribution in [2.45, 2.75) is 31.2 Å². The van der Waals surface area contributed by atoms with Crippen LogP contribution < -0.4 is 0 Å². The second-order valence-electron chi connectivity index (χ2n) is 23.8. The van der Waals surface area contributed by atoms with Crippen molar-refractivity contribution in [1.82, 2.24) is 9.13 Å². The maximum absolute atomic E-state index is 5.82. The van der Waals surface area contributed by atoms with E-state index in [9.17, 15) is 0 Å². The standard InChI is InChI=1S/C85H60N4/c1-3-22-56(23-4-1)59-27-19-28-60(50-59)62-45-48-71(70-47-44-58-26-7-8-33-67(58)68-34-9-10-35-69(68)70)76(53-62)63-29-20-31-65(51-63)78-55-84(89-81-42-17-13-38-74(81)75-39-14-18-43-82(75)89)87-85(86-78)66-32-21-30-64(52-66)77-54-61(57-24-5-2-6-25-57)46-49-83(77)88-79-40-15-11-36-72(79)73-37-12-16-41-80(73)88/h1-43,45-46,48-54,70,78H,44,47,55H2. The molecule has 2 atom stereocenters. The minimum Gasteiger partial charge on any atom is -0.309 e. The second kappa shape index (κ2) is 21.9. The molecule has 1 aliphatic heterocycles. The van der Waals surface area contributed by atoms with Crippen LogP contribution in [0.25, 0.3) is 116 Å². The Kier molecular flexibility index (Phi) is 12.9. The van der Waals surface area contributed by atoms with Crippen LogP contribution in [0.3, 0.4) is 0 Å². The summed E-state index contributed by atoms with van der Waals surface area (Å²) in [6.07, 6.45) is 2.58. The van der Waals surface area contributed by atoms with Crippen molar-refractivity contribution in [3.63, 3.8) is 0 Å². The summed E-state index contributed by atoms with van der Waals surface area (Å²) in [5, 5.41) is 4.87. The van der Waals surface area contributed by atoms with Gasteiger partial charge in [0.25, 0.3) is 0 Å². The number of aliphatic imine (C=N–C) groups is 2. The maximum Gasteiger partial charge on any atom is 0.157 e. The molecule has 15 aromatic rings. The highest BCUT2D eigenvalue weighted by molar-refractivity contribution is 6.18. The highest BCUT2D eigenvalue weighted by Crippen LogP contribution is 2.47. The molecule has 89 heavy (non-hydrogen) atoms. The molecule has 2 aromatic heterocycles. The molecule has 0 saturated heterocycles. The fraction of sp³-hybridized carbons (Fsp3) is 0.0588. The molecule has 2 unspecified atom stereocenters. The highest BCUT2D eigenvalue weighted by Gasteiger charge is 2.29. The van der Waals surface area contributed by atoms with Gasteiger partial charge in [0.15, 0.2) is 5.84 Å². The van der Waals surface area contributed by atoms with E-state index in [0.29, 0.717) is 12.3 Å². The molecular formula is C85H60N4. The van der Waals surface area contributed by atoms with Crippen molar-refractivity contribution in [3.05, 3.63) is 343 Å². The summed E-state index contributed by atoms with van der Waals surface area (Å²) < 4.78 is 4.84. The van der Waals surface area contributed by atoms with Crippen LogP contribution in [0, 0.1) is 0 Å². The molecule has 420 valence electrons. The molecule has 0 N–H and O–H groups in total. The van der Waals surface area contributed by atoms with Crippen molar-refractivity contribution < 1.29 is 0 Å². The first-order valence-electron chi connectivity index (χ1n) is 31.1. The number of hydrogen-bond acceptors (Lipinski definition) is 2. The Morgan fingerprint density at radius 3 is 1.44 bits per heavy atom. The normalized spacial score (nSPS) is 14.7. The van der Waals surface area contributed by atoms with E-state index in [2.05, 4.69) is 325 Å². The molecule has 13 aromatic carbocycles. The predicted molar refractivity (Wildman–Crippen MR) is 373 cm³/mol. The Balaban J connectivity index is 0.841. The van der Waals surface area contributed by atoms with E-state index < -0.39 is 0 Å². The Labute approximate surface area is 518 Å². The maximum atomic E-state index is 5.82. The topological polar surface area (TPSA) is 34.6 Å². The van der Waals surface area contributed by atoms with Crippen LogP contribution in [0.2, 0.25) is 0 Å². The quantitative estimate of drug-likeness (QED) is 0.138. The summed E-state index contributed by atoms with van der Waals surface area (Å²) in [6.45, 7) is 0. The van der Waals surface area contributed by atoms with Gasteiger partial charge in [-0.15, -0.1) is 0 Å². The van der Waals surface area contributed by atoms with Gasteiger partial charge in [-0.05, 0) is 157 Å². The molecule has 1 aliphatic carbocycles. The van der Waals surface area contributed by atoms with Crippen LogP contribution in [-0.4, -0.2) is 20.8 Å². The smallest absolute Gasteiger partial charge is 0.157 e. The van der Waals surface area contributed by atoms with Crippen molar-refractivity contribution in [2.75, 3.05) is 0 Å². The van der Waals surface area contributed by atoms with E-state index in [-0.39, 0.29) is 12.0 Å². The second-order valence-corrected chi connectivity index (χ2v) is 23.8. The fourth-order valence-electron chi connectivity index (χ4n) is 14.6. The summed E-state index contributed by atoms with van der Waals surface area (Å²) >= 11 is 0. The molecule has 3 heterocycles. The molecular weight excluding hydrogens is 1080 g/mol. The number of aromatic nitrogens is 2. The van der Waals surface area contributed by atoms with Crippen molar-refractivity contribution in [2.24, 2.45) is 9.98 Å². The molecule has 0 radical (unpaired) electrons. The predicted octanol–water partition coefficient (Wildman–Crippen LogP) is 21.8. The largest absolute Gasteiger partial charge is 0.309 e. The zero-order valence-corrected chi connectivity index (χ0v) is 49.1. The number of fused-ring (bicyclic) bond motifs is 9. The third-order valence-corrected chi connectivity index (χ3v) is 18.7. The van der Waals surface area contributed by atoms with Crippen LogP contribution in [-0.2, 0) is 6.42 Å². The van der Waals surface area contributed by atoms with Crippen molar-refractivity contribution >= 4 is 55.3 Å². The van der Waals surface area contributed by atoms with Gasteiger partial charge in [0.1, 0.15) is 5.84 Å². The molecule has 4 heteroatoms. The third kappa shape index (κ3) is 9.23. The summed E-state index contributed by atoms with van der Waals surface area (Å²) in [6, 6.07) is 116. The van der Waals surface area contributed by atoms with Crippen LogP contribution in [0.15, 0.2) is 325 Å². The van der Waals surface area contributed by atoms with Crippen LogP contribution in [0.5, 0.6) is 0 Å². The lowest BCUT2D eigenvalue weighted by molar-refractivity contribution is 0.727. The van der Waals surface area contributed by atoms with E-state index in [1.54, 1.807) is 0 Å². The summed E-state index contributed by atoms with van der Waals surface area (Å²) in [7, 11) is 0. The van der Waals surface area contributed by atoms with E-state index >= 15 is 0 Å². The van der Waals surface area contributed by atoms with Gasteiger partial charge in [-0.25, -0.2) is 4.99 Å². The number of amidine groups is 1. The SMILES string of the molecule is c1ccc(-c2cccc(-c3ccc(C4CCc5ccccc5-c5ccccc54)c(-c4cccc(C5CC(n6c7ccccc7c7ccccc76)=NC(c6cccc(-c7cc(-c8ccccc8)ccc7-n7c8ccccc8c8ccccc87)c6)=N5)c4)c3)c2)cc1. The lowest BCUT2D eigenvalue weighted by atomic mass is 9.80. The summed E-state index contributed by atoms with van der Waals surface area (Å²) in [5.74, 6) is 1.82. The van der Waals surface area contributed by atoms with Crippen LogP contribution >= 0.6 is 0 Å². The third-order valence-electron chi connectivity index (χ3n) is 18.7. The van der Waals surface area contributed by atoms with E-state index in [1.807, 2.05) is 0 Å². The zero-order valence-electron chi connectivity index (χ0n) is 49.1. The van der Waals surface area contributed by atoms with E-state index in [4.69, 9.17) is 9.98 Å². The number of nitrogens with zero attached hydrogens (tertiary/aromatic N) is 4. The van der Waals surface area contributed by atoms with Crippen molar-refractivity contribution in [1.29, 1.82) is 0 Å². The minimum absolute atomic E-state index is 0.159. The lowest BCUT2D eigenvalue weighted by Gasteiger charge is -2.25. The molecule has 0 spiro atoms. The van der Waals surface area contributed by atoms with Crippen LogP contribution in [0.4, 0.5) is 0 Å². The fourth-order valence-corrected chi connectivity index (χ4v) is 14.6. The first kappa shape index (κ1) is 52.2. The average Bonchev–Trinajstić information content (AvgIpc) is 2.28. The number of rotatable bonds is 9. The van der Waals surface area contributed by atoms with Gasteiger partial charge in [-0.2, -0.15) is 0 Å². The Morgan fingerprint density at radius 1 is 0.303 bits per heavy atom. The van der Waals surface area contributed by atoms with Crippen LogP contribution in [0.1, 0.15) is 52.6 Å². The minimum atomic E-state index is -0.266. The Bertz CT molecular complexity index is 5200. The summed E-state index contributed by atoms with van der Waals surface area (Å²) in [4.78, 5) is 11.5. The molecule has 0 amide bonds. The molecule has 0 bridgehead atoms. The number of hydrogen-bond donors (Lipinski definition) is 0. The Hall–Kier alpha value is -11.2. The highest BCUT2D eigenvalue weighted by atomic mass is 15.1. The number of benzene rings is 13. The van der Waals surface area contributed by atoms with Gasteiger partial charge < -0.3 is 4.57 Å². The van der Waals surface area contributed by atoms with Gasteiger partial charge in [0.2, 0.25) is 0 Å². The van der Waals surface area contributed by atoms with E-state index in [1.165, 1.54) is 99.3 Å². The lowest BCUT2D eigenvalue weighted by Crippen LogP contribution is -2.22. The van der Waals surface area contributed by atoms with Crippen molar-refractivity contribution in [3.8, 4) is 72.4 Å². The van der Waals surface area contributed by atoms with E-state index in [0.717, 1.165) is 63.2 Å². The molecule has 0 fully saturated rings. The number of para-hydroxylation sites is 4. The monoisotopic (exact) mass is 1140 g/mol. The van der Waals surface area contributed by atoms with Gasteiger partial charge in [-0.3, -0.25) is 9.56 Å². The van der Waals surface area contributed by atoms with Gasteiger partial charge in [0, 0.05) is 45.0 Å². The zero-order chi connectivity index (χ0) is 58.8. The van der Waals surface area contributed by atoms with Gasteiger partial charge >= 0.3 is 0 Å². The molecule has 4 nitrogen and oxygen atoms in total.